The van der Waals surface area contributed by atoms with Gasteiger partial charge in [-0.3, -0.25) is 0 Å². The van der Waals surface area contributed by atoms with Crippen molar-refractivity contribution < 1.29 is 9.84 Å². The molecule has 3 heteroatoms. The molecule has 2 nitrogen and oxygen atoms in total. The fourth-order valence-electron chi connectivity index (χ4n) is 1.77. The van der Waals surface area contributed by atoms with E-state index >= 15 is 0 Å². The third-order valence-electron chi connectivity index (χ3n) is 2.67. The Bertz CT molecular complexity index is 337. The van der Waals surface area contributed by atoms with Crippen molar-refractivity contribution in [3.63, 3.8) is 0 Å². The molecule has 17 heavy (non-hydrogen) atoms. The molecule has 0 saturated heterocycles. The lowest BCUT2D eigenvalue weighted by atomic mass is 10.1. The van der Waals surface area contributed by atoms with Gasteiger partial charge in [0.25, 0.3) is 0 Å². The zero-order chi connectivity index (χ0) is 12.7. The van der Waals surface area contributed by atoms with Gasteiger partial charge in [0, 0.05) is 10.5 Å². The van der Waals surface area contributed by atoms with Crippen molar-refractivity contribution in [2.75, 3.05) is 12.9 Å². The van der Waals surface area contributed by atoms with Crippen LogP contribution in [-0.2, 0) is 0 Å². The molecule has 0 unspecified atom stereocenters. The largest absolute Gasteiger partial charge is 0.496 e. The number of unbranched alkanes of at least 4 members (excludes halogenated alkanes) is 2. The Balaban J connectivity index is 2.76. The first-order chi connectivity index (χ1) is 8.20. The minimum Gasteiger partial charge on any atom is -0.496 e. The zero-order valence-corrected chi connectivity index (χ0v) is 11.7. The van der Waals surface area contributed by atoms with Crippen molar-refractivity contribution in [1.29, 1.82) is 0 Å². The summed E-state index contributed by atoms with van der Waals surface area (Å²) in [5.41, 5.74) is 0.913. The highest BCUT2D eigenvalue weighted by Crippen LogP contribution is 2.35. The molecule has 0 saturated carbocycles. The van der Waals surface area contributed by atoms with Crippen LogP contribution in [0.1, 0.15) is 44.8 Å². The minimum atomic E-state index is -0.486. The van der Waals surface area contributed by atoms with E-state index in [4.69, 9.17) is 4.74 Å². The van der Waals surface area contributed by atoms with Gasteiger partial charge in [-0.1, -0.05) is 25.8 Å². The summed E-state index contributed by atoms with van der Waals surface area (Å²) in [4.78, 5) is 1.13. The number of hydrogen-bond donors (Lipinski definition) is 1. The number of aliphatic hydroxyl groups excluding tert-OH is 1. The van der Waals surface area contributed by atoms with Crippen molar-refractivity contribution in [3.05, 3.63) is 23.8 Å². The van der Waals surface area contributed by atoms with Gasteiger partial charge in [0.15, 0.2) is 0 Å². The summed E-state index contributed by atoms with van der Waals surface area (Å²) in [6.45, 7) is 3.99. The van der Waals surface area contributed by atoms with Crippen LogP contribution >= 0.6 is 11.8 Å². The second kappa shape index (κ2) is 7.62. The lowest BCUT2D eigenvalue weighted by Gasteiger charge is -2.15. The van der Waals surface area contributed by atoms with E-state index in [9.17, 15) is 5.11 Å². The van der Waals surface area contributed by atoms with Crippen molar-refractivity contribution in [2.45, 2.75) is 44.1 Å². The van der Waals surface area contributed by atoms with E-state index in [0.717, 1.165) is 22.0 Å². The number of benzene rings is 1. The van der Waals surface area contributed by atoms with Gasteiger partial charge in [0.05, 0.1) is 13.2 Å². The highest BCUT2D eigenvalue weighted by atomic mass is 32.2. The molecule has 0 bridgehead atoms. The summed E-state index contributed by atoms with van der Waals surface area (Å²) in [5.74, 6) is 1.88. The van der Waals surface area contributed by atoms with Gasteiger partial charge in [-0.15, -0.1) is 11.8 Å². The third-order valence-corrected chi connectivity index (χ3v) is 3.83. The minimum absolute atomic E-state index is 0.486. The summed E-state index contributed by atoms with van der Waals surface area (Å²) in [6, 6.07) is 5.94. The van der Waals surface area contributed by atoms with Crippen LogP contribution in [0.5, 0.6) is 5.75 Å². The molecule has 0 aliphatic rings. The van der Waals surface area contributed by atoms with Crippen LogP contribution < -0.4 is 4.74 Å². The number of aliphatic hydroxyl groups is 1. The van der Waals surface area contributed by atoms with Crippen LogP contribution in [0.3, 0.4) is 0 Å². The molecule has 0 aromatic heterocycles. The maximum absolute atomic E-state index is 9.83. The average molecular weight is 254 g/mol. The summed E-state index contributed by atoms with van der Waals surface area (Å²) >= 11 is 1.80. The average Bonchev–Trinajstić information content (AvgIpc) is 2.33. The Kier molecular flexibility index (Phi) is 6.45. The number of methoxy groups -OCH3 is 1. The summed E-state index contributed by atoms with van der Waals surface area (Å²) in [6.07, 6.45) is 3.24. The molecular formula is C14H22O2S. The highest BCUT2D eigenvalue weighted by Gasteiger charge is 2.13. The summed E-state index contributed by atoms with van der Waals surface area (Å²) in [5, 5.41) is 9.83. The molecule has 0 aliphatic heterocycles. The van der Waals surface area contributed by atoms with E-state index in [0.29, 0.717) is 0 Å². The summed E-state index contributed by atoms with van der Waals surface area (Å²) < 4.78 is 5.30. The molecule has 96 valence electrons. The van der Waals surface area contributed by atoms with Crippen LogP contribution in [0, 0.1) is 0 Å². The molecule has 0 aliphatic carbocycles. The molecule has 0 radical (unpaired) electrons. The fourth-order valence-corrected chi connectivity index (χ4v) is 2.94. The lowest BCUT2D eigenvalue weighted by molar-refractivity contribution is 0.191. The number of ether oxygens (including phenoxy) is 1. The smallest absolute Gasteiger partial charge is 0.125 e. The Morgan fingerprint density at radius 1 is 1.35 bits per heavy atom. The predicted octanol–water partition coefficient (Wildman–Crippen LogP) is 4.03. The predicted molar refractivity (Wildman–Crippen MR) is 73.9 cm³/mol. The Morgan fingerprint density at radius 3 is 2.71 bits per heavy atom. The molecule has 0 fully saturated rings. The monoisotopic (exact) mass is 254 g/mol. The Labute approximate surface area is 108 Å². The highest BCUT2D eigenvalue weighted by molar-refractivity contribution is 7.99. The standard InChI is InChI=1S/C14H22O2S/c1-4-5-6-10-17-13-9-7-8-12(16-3)14(13)11(2)15/h7-9,11,15H,4-6,10H2,1-3H3/t11-/m0/s1. The molecule has 0 heterocycles. The Hall–Kier alpha value is -0.670. The first-order valence-corrected chi connectivity index (χ1v) is 7.17. The first-order valence-electron chi connectivity index (χ1n) is 6.18. The second-order valence-corrected chi connectivity index (χ2v) is 5.24. The molecule has 1 aromatic rings. The normalized spacial score (nSPS) is 12.5. The molecule has 0 amide bonds. The van der Waals surface area contributed by atoms with Crippen LogP contribution in [0.2, 0.25) is 0 Å². The maximum Gasteiger partial charge on any atom is 0.125 e. The number of rotatable bonds is 7. The molecule has 1 aromatic carbocycles. The van der Waals surface area contributed by atoms with E-state index in [1.165, 1.54) is 19.3 Å². The van der Waals surface area contributed by atoms with Crippen molar-refractivity contribution >= 4 is 11.8 Å². The lowest BCUT2D eigenvalue weighted by Crippen LogP contribution is -1.99. The molecule has 0 spiro atoms. The van der Waals surface area contributed by atoms with Crippen LogP contribution in [0.4, 0.5) is 0 Å². The van der Waals surface area contributed by atoms with Gasteiger partial charge in [-0.2, -0.15) is 0 Å². The Morgan fingerprint density at radius 2 is 2.12 bits per heavy atom. The zero-order valence-electron chi connectivity index (χ0n) is 10.9. The van der Waals surface area contributed by atoms with Crippen molar-refractivity contribution in [2.24, 2.45) is 0 Å². The van der Waals surface area contributed by atoms with Crippen LogP contribution in [0.25, 0.3) is 0 Å². The molecular weight excluding hydrogens is 232 g/mol. The van der Waals surface area contributed by atoms with Crippen LogP contribution in [-0.4, -0.2) is 18.0 Å². The number of hydrogen-bond acceptors (Lipinski definition) is 3. The van der Waals surface area contributed by atoms with Gasteiger partial charge in [0.2, 0.25) is 0 Å². The van der Waals surface area contributed by atoms with Gasteiger partial charge < -0.3 is 9.84 Å². The SMILES string of the molecule is CCCCCSc1cccc(OC)c1[C@H](C)O. The third kappa shape index (κ3) is 4.25. The van der Waals surface area contributed by atoms with Crippen molar-refractivity contribution in [1.82, 2.24) is 0 Å². The fraction of sp³-hybridized carbons (Fsp3) is 0.571. The molecule has 1 atom stereocenters. The van der Waals surface area contributed by atoms with Crippen LogP contribution in [0.15, 0.2) is 23.1 Å². The van der Waals surface area contributed by atoms with E-state index in [2.05, 4.69) is 13.0 Å². The first kappa shape index (κ1) is 14.4. The molecule has 1 N–H and O–H groups in total. The second-order valence-electron chi connectivity index (χ2n) is 4.10. The number of thioether (sulfide) groups is 1. The van der Waals surface area contributed by atoms with Gasteiger partial charge >= 0.3 is 0 Å². The van der Waals surface area contributed by atoms with E-state index in [1.54, 1.807) is 25.8 Å². The molecule has 1 rings (SSSR count). The summed E-state index contributed by atoms with van der Waals surface area (Å²) in [7, 11) is 1.65. The van der Waals surface area contributed by atoms with E-state index in [1.807, 2.05) is 12.1 Å². The van der Waals surface area contributed by atoms with E-state index < -0.39 is 6.10 Å². The quantitative estimate of drug-likeness (QED) is 0.588. The van der Waals surface area contributed by atoms with Gasteiger partial charge in [-0.05, 0) is 31.2 Å². The van der Waals surface area contributed by atoms with Gasteiger partial charge in [-0.25, -0.2) is 0 Å². The maximum atomic E-state index is 9.83. The topological polar surface area (TPSA) is 29.5 Å². The van der Waals surface area contributed by atoms with E-state index in [-0.39, 0.29) is 0 Å². The van der Waals surface area contributed by atoms with Crippen molar-refractivity contribution in [3.8, 4) is 5.75 Å². The van der Waals surface area contributed by atoms with Gasteiger partial charge in [0.1, 0.15) is 5.75 Å².